The first-order valence-corrected chi connectivity index (χ1v) is 5.00. The molecule has 0 heterocycles. The van der Waals surface area contributed by atoms with Gasteiger partial charge in [-0.3, -0.25) is 4.79 Å². The summed E-state index contributed by atoms with van der Waals surface area (Å²) < 4.78 is 28.5. The van der Waals surface area contributed by atoms with Gasteiger partial charge in [0.25, 0.3) is 0 Å². The summed E-state index contributed by atoms with van der Waals surface area (Å²) in [4.78, 5) is 11.2. The van der Waals surface area contributed by atoms with Crippen molar-refractivity contribution in [2.45, 2.75) is 6.61 Å². The first kappa shape index (κ1) is 13.6. The van der Waals surface area contributed by atoms with Crippen LogP contribution in [0.2, 0.25) is 0 Å². The van der Waals surface area contributed by atoms with E-state index in [1.54, 1.807) is 18.2 Å². The van der Waals surface area contributed by atoms with E-state index in [0.717, 1.165) is 6.08 Å². The Bertz CT molecular complexity index is 481. The Kier molecular flexibility index (Phi) is 5.32. The highest BCUT2D eigenvalue weighted by Gasteiger charge is 2.07. The summed E-state index contributed by atoms with van der Waals surface area (Å²) in [5.41, 5.74) is 0.352. The zero-order chi connectivity index (χ0) is 13.4. The number of carbonyl (C=O) groups is 1. The molecule has 1 amide bonds. The van der Waals surface area contributed by atoms with E-state index in [-0.39, 0.29) is 12.3 Å². The van der Waals surface area contributed by atoms with Crippen molar-refractivity contribution in [3.8, 4) is 11.8 Å². The number of nitrogens with zero attached hydrogens (tertiary/aromatic N) is 1. The number of hydrogen-bond acceptors (Lipinski definition) is 3. The Morgan fingerprint density at radius 2 is 2.22 bits per heavy atom. The molecule has 0 fully saturated rings. The number of rotatable bonds is 5. The number of para-hydroxylation sites is 1. The van der Waals surface area contributed by atoms with E-state index in [1.807, 2.05) is 0 Å². The first-order chi connectivity index (χ1) is 8.63. The Balaban J connectivity index is 2.74. The molecule has 1 N–H and O–H groups in total. The summed E-state index contributed by atoms with van der Waals surface area (Å²) >= 11 is 0. The Labute approximate surface area is 102 Å². The van der Waals surface area contributed by atoms with Gasteiger partial charge in [0.2, 0.25) is 5.91 Å². The molecule has 0 unspecified atom stereocenters. The van der Waals surface area contributed by atoms with Crippen LogP contribution in [0.4, 0.5) is 8.78 Å². The van der Waals surface area contributed by atoms with Crippen LogP contribution in [-0.4, -0.2) is 19.1 Å². The molecule has 0 aliphatic rings. The lowest BCUT2D eigenvalue weighted by Gasteiger charge is -2.07. The smallest absolute Gasteiger partial charge is 0.387 e. The third kappa shape index (κ3) is 4.61. The summed E-state index contributed by atoms with van der Waals surface area (Å²) in [7, 11) is 0. The lowest BCUT2D eigenvalue weighted by Crippen LogP contribution is -2.20. The highest BCUT2D eigenvalue weighted by molar-refractivity contribution is 5.92. The summed E-state index contributed by atoms with van der Waals surface area (Å²) in [5.74, 6) is -0.500. The molecule has 0 atom stereocenters. The van der Waals surface area contributed by atoms with Crippen LogP contribution in [0.15, 0.2) is 30.3 Å². The second-order valence-corrected chi connectivity index (χ2v) is 3.13. The molecule has 0 aromatic heterocycles. The van der Waals surface area contributed by atoms with Crippen molar-refractivity contribution >= 4 is 12.0 Å². The van der Waals surface area contributed by atoms with Crippen molar-refractivity contribution in [1.82, 2.24) is 5.32 Å². The van der Waals surface area contributed by atoms with Gasteiger partial charge in [-0.25, -0.2) is 0 Å². The summed E-state index contributed by atoms with van der Waals surface area (Å²) in [6, 6.07) is 7.83. The molecule has 0 aliphatic heterocycles. The van der Waals surface area contributed by atoms with Crippen molar-refractivity contribution in [2.24, 2.45) is 0 Å². The van der Waals surface area contributed by atoms with Crippen LogP contribution >= 0.6 is 0 Å². The van der Waals surface area contributed by atoms with Gasteiger partial charge in [0.1, 0.15) is 12.3 Å². The minimum atomic E-state index is -2.92. The highest BCUT2D eigenvalue weighted by Crippen LogP contribution is 2.21. The molecule has 0 bridgehead atoms. The molecule has 0 spiro atoms. The number of halogens is 2. The maximum Gasteiger partial charge on any atom is 0.387 e. The molecule has 1 aromatic rings. The monoisotopic (exact) mass is 252 g/mol. The molecule has 0 radical (unpaired) electrons. The summed E-state index contributed by atoms with van der Waals surface area (Å²) in [6.45, 7) is -3.04. The summed E-state index contributed by atoms with van der Waals surface area (Å²) in [5, 5.41) is 10.5. The number of amides is 1. The third-order valence-electron chi connectivity index (χ3n) is 1.89. The van der Waals surface area contributed by atoms with Gasteiger partial charge in [-0.15, -0.1) is 0 Å². The highest BCUT2D eigenvalue weighted by atomic mass is 19.3. The number of hydrogen-bond donors (Lipinski definition) is 1. The molecule has 6 heteroatoms. The van der Waals surface area contributed by atoms with E-state index < -0.39 is 12.5 Å². The van der Waals surface area contributed by atoms with Crippen LogP contribution in [0.3, 0.4) is 0 Å². The predicted octanol–water partition coefficient (Wildman–Crippen LogP) is 1.94. The van der Waals surface area contributed by atoms with Crippen molar-refractivity contribution in [3.05, 3.63) is 35.9 Å². The Morgan fingerprint density at radius 3 is 2.89 bits per heavy atom. The van der Waals surface area contributed by atoms with E-state index in [0.29, 0.717) is 5.56 Å². The second kappa shape index (κ2) is 7.01. The molecule has 94 valence electrons. The molecule has 1 aromatic carbocycles. The van der Waals surface area contributed by atoms with Gasteiger partial charge in [-0.2, -0.15) is 14.0 Å². The average Bonchev–Trinajstić information content (AvgIpc) is 2.34. The topological polar surface area (TPSA) is 62.1 Å². The van der Waals surface area contributed by atoms with E-state index in [9.17, 15) is 13.6 Å². The van der Waals surface area contributed by atoms with Crippen molar-refractivity contribution in [2.75, 3.05) is 6.54 Å². The predicted molar refractivity (Wildman–Crippen MR) is 60.7 cm³/mol. The summed E-state index contributed by atoms with van der Waals surface area (Å²) in [6.07, 6.45) is 2.48. The van der Waals surface area contributed by atoms with Crippen molar-refractivity contribution < 1.29 is 18.3 Å². The van der Waals surface area contributed by atoms with Gasteiger partial charge in [-0.05, 0) is 12.1 Å². The number of nitrogens with one attached hydrogen (secondary N) is 1. The minimum absolute atomic E-state index is 0.0168. The number of carbonyl (C=O) groups excluding carboxylic acids is 1. The van der Waals surface area contributed by atoms with Crippen LogP contribution in [0, 0.1) is 11.3 Å². The van der Waals surface area contributed by atoms with E-state index >= 15 is 0 Å². The fourth-order valence-electron chi connectivity index (χ4n) is 1.17. The minimum Gasteiger partial charge on any atom is -0.434 e. The third-order valence-corrected chi connectivity index (χ3v) is 1.89. The lowest BCUT2D eigenvalue weighted by atomic mass is 10.2. The Hall–Kier alpha value is -2.42. The molecule has 0 aliphatic carbocycles. The van der Waals surface area contributed by atoms with Crippen LogP contribution < -0.4 is 10.1 Å². The fourth-order valence-corrected chi connectivity index (χ4v) is 1.17. The van der Waals surface area contributed by atoms with Gasteiger partial charge in [0.15, 0.2) is 0 Å². The Morgan fingerprint density at radius 1 is 1.50 bits per heavy atom. The number of ether oxygens (including phenoxy) is 1. The van der Waals surface area contributed by atoms with Crippen LogP contribution in [0.1, 0.15) is 5.56 Å². The lowest BCUT2D eigenvalue weighted by molar-refractivity contribution is -0.116. The molecular formula is C12H10F2N2O2. The van der Waals surface area contributed by atoms with Gasteiger partial charge in [0.05, 0.1) is 6.07 Å². The zero-order valence-electron chi connectivity index (χ0n) is 9.27. The molecule has 0 saturated heterocycles. The fraction of sp³-hybridized carbons (Fsp3) is 0.167. The van der Waals surface area contributed by atoms with Gasteiger partial charge in [-0.1, -0.05) is 18.2 Å². The molecule has 18 heavy (non-hydrogen) atoms. The standard InChI is InChI=1S/C12H10F2N2O2/c13-12(14)18-10-4-2-1-3-9(10)5-6-11(17)16-8-7-15/h1-6,12H,8H2,(H,16,17)/b6-5+. The van der Waals surface area contributed by atoms with Crippen LogP contribution in [-0.2, 0) is 4.79 Å². The van der Waals surface area contributed by atoms with E-state index in [1.165, 1.54) is 18.2 Å². The number of nitriles is 1. The first-order valence-electron chi connectivity index (χ1n) is 5.00. The van der Waals surface area contributed by atoms with Gasteiger partial charge in [0, 0.05) is 11.6 Å². The van der Waals surface area contributed by atoms with Crippen LogP contribution in [0.5, 0.6) is 5.75 Å². The SMILES string of the molecule is N#CCNC(=O)/C=C/c1ccccc1OC(F)F. The molecular weight excluding hydrogens is 242 g/mol. The van der Waals surface area contributed by atoms with E-state index in [4.69, 9.17) is 5.26 Å². The second-order valence-electron chi connectivity index (χ2n) is 3.13. The van der Waals surface area contributed by atoms with Crippen LogP contribution in [0.25, 0.3) is 6.08 Å². The quantitative estimate of drug-likeness (QED) is 0.643. The molecule has 4 nitrogen and oxygen atoms in total. The average molecular weight is 252 g/mol. The maximum absolute atomic E-state index is 12.1. The number of benzene rings is 1. The zero-order valence-corrected chi connectivity index (χ0v) is 9.27. The largest absolute Gasteiger partial charge is 0.434 e. The van der Waals surface area contributed by atoms with Crippen molar-refractivity contribution in [3.63, 3.8) is 0 Å². The normalized spacial score (nSPS) is 10.3. The number of alkyl halides is 2. The van der Waals surface area contributed by atoms with Gasteiger partial charge < -0.3 is 10.1 Å². The van der Waals surface area contributed by atoms with Crippen molar-refractivity contribution in [1.29, 1.82) is 5.26 Å². The van der Waals surface area contributed by atoms with E-state index in [2.05, 4.69) is 10.1 Å². The molecule has 1 rings (SSSR count). The molecule has 0 saturated carbocycles. The maximum atomic E-state index is 12.1. The van der Waals surface area contributed by atoms with Gasteiger partial charge >= 0.3 is 6.61 Å².